The van der Waals surface area contributed by atoms with Crippen LogP contribution in [0.15, 0.2) is 71.2 Å². The average molecular weight is 521 g/mol. The van der Waals surface area contributed by atoms with E-state index in [-0.39, 0.29) is 17.7 Å². The predicted molar refractivity (Wildman–Crippen MR) is 133 cm³/mol. The third-order valence-corrected chi connectivity index (χ3v) is 7.73. The summed E-state index contributed by atoms with van der Waals surface area (Å²) in [6, 6.07) is 20.6. The van der Waals surface area contributed by atoms with Crippen molar-refractivity contribution in [3.8, 4) is 0 Å². The Hall–Kier alpha value is -3.19. The highest BCUT2D eigenvalue weighted by Gasteiger charge is 2.62. The van der Waals surface area contributed by atoms with Gasteiger partial charge in [-0.3, -0.25) is 14.5 Å². The first kappa shape index (κ1) is 22.6. The monoisotopic (exact) mass is 520 g/mol. The van der Waals surface area contributed by atoms with Crippen LogP contribution in [0.1, 0.15) is 28.8 Å². The molecule has 1 saturated carbocycles. The van der Waals surface area contributed by atoms with E-state index < -0.39 is 18.0 Å². The lowest BCUT2D eigenvalue weighted by molar-refractivity contribution is -0.124. The Morgan fingerprint density at radius 2 is 1.74 bits per heavy atom. The summed E-state index contributed by atoms with van der Waals surface area (Å²) in [6.45, 7) is 0.206. The van der Waals surface area contributed by atoms with Crippen molar-refractivity contribution >= 4 is 44.5 Å². The van der Waals surface area contributed by atoms with Crippen molar-refractivity contribution in [2.24, 2.45) is 11.3 Å². The summed E-state index contributed by atoms with van der Waals surface area (Å²) in [5.41, 5.74) is 1.60. The van der Waals surface area contributed by atoms with Crippen LogP contribution in [0.2, 0.25) is 0 Å². The molecule has 1 saturated heterocycles. The number of likely N-dealkylation sites (tertiary alicyclic amines) is 1. The van der Waals surface area contributed by atoms with Crippen molar-refractivity contribution in [2.75, 3.05) is 13.1 Å². The van der Waals surface area contributed by atoms with Gasteiger partial charge >= 0.3 is 6.09 Å². The molecule has 3 aromatic rings. The molecule has 7 heteroatoms. The van der Waals surface area contributed by atoms with Crippen LogP contribution >= 0.6 is 15.9 Å². The largest absolute Gasteiger partial charge is 0.465 e. The number of carbonyl (C=O) groups is 3. The van der Waals surface area contributed by atoms with E-state index in [1.165, 1.54) is 10.5 Å². The van der Waals surface area contributed by atoms with Gasteiger partial charge in [-0.2, -0.15) is 0 Å². The Labute approximate surface area is 206 Å². The van der Waals surface area contributed by atoms with Crippen molar-refractivity contribution in [1.82, 2.24) is 10.2 Å². The third kappa shape index (κ3) is 4.44. The predicted octanol–water partition coefficient (Wildman–Crippen LogP) is 4.90. The maximum Gasteiger partial charge on any atom is 0.407 e. The van der Waals surface area contributed by atoms with E-state index in [1.54, 1.807) is 6.07 Å². The Balaban J connectivity index is 1.22. The number of ketones is 1. The van der Waals surface area contributed by atoms with Crippen LogP contribution in [-0.4, -0.2) is 46.9 Å². The Bertz CT molecular complexity index is 1280. The van der Waals surface area contributed by atoms with E-state index in [0.717, 1.165) is 28.1 Å². The summed E-state index contributed by atoms with van der Waals surface area (Å²) in [6.07, 6.45) is 1.22. The molecule has 174 valence electrons. The first-order valence-electron chi connectivity index (χ1n) is 11.4. The first-order valence-corrected chi connectivity index (χ1v) is 12.2. The van der Waals surface area contributed by atoms with Crippen LogP contribution < -0.4 is 5.32 Å². The molecule has 1 aliphatic carbocycles. The maximum absolute atomic E-state index is 13.0. The zero-order chi connectivity index (χ0) is 23.9. The lowest BCUT2D eigenvalue weighted by Crippen LogP contribution is -2.46. The normalized spacial score (nSPS) is 23.3. The molecular weight excluding hydrogens is 496 g/mol. The zero-order valence-corrected chi connectivity index (χ0v) is 20.1. The Morgan fingerprint density at radius 3 is 2.50 bits per heavy atom. The van der Waals surface area contributed by atoms with E-state index >= 15 is 0 Å². The van der Waals surface area contributed by atoms with Gasteiger partial charge in [-0.05, 0) is 65.1 Å². The van der Waals surface area contributed by atoms with E-state index in [1.807, 2.05) is 48.5 Å². The van der Waals surface area contributed by atoms with Crippen molar-refractivity contribution in [1.29, 1.82) is 0 Å². The summed E-state index contributed by atoms with van der Waals surface area (Å²) in [5.74, 6) is -0.238. The molecule has 2 amide bonds. The van der Waals surface area contributed by atoms with E-state index in [0.29, 0.717) is 24.4 Å². The second-order valence-electron chi connectivity index (χ2n) is 9.43. The first-order chi connectivity index (χ1) is 16.3. The van der Waals surface area contributed by atoms with Crippen LogP contribution in [-0.2, 0) is 11.2 Å². The average Bonchev–Trinajstić information content (AvgIpc) is 3.32. The number of benzene rings is 3. The molecule has 2 aliphatic rings. The summed E-state index contributed by atoms with van der Waals surface area (Å²) in [5, 5.41) is 14.4. The second-order valence-corrected chi connectivity index (χ2v) is 10.3. The molecule has 34 heavy (non-hydrogen) atoms. The highest BCUT2D eigenvalue weighted by atomic mass is 79.9. The van der Waals surface area contributed by atoms with Crippen LogP contribution in [0.3, 0.4) is 0 Å². The molecule has 0 aromatic heterocycles. The van der Waals surface area contributed by atoms with Gasteiger partial charge in [0, 0.05) is 16.6 Å². The number of amides is 2. The summed E-state index contributed by atoms with van der Waals surface area (Å²) >= 11 is 3.44. The molecule has 3 atom stereocenters. The van der Waals surface area contributed by atoms with Crippen molar-refractivity contribution in [3.05, 3.63) is 82.3 Å². The molecule has 1 aliphatic heterocycles. The number of carboxylic acid groups (broad SMARTS) is 1. The number of nitrogens with zero attached hydrogens (tertiary/aromatic N) is 1. The number of fused-ring (bicyclic) bond motifs is 1. The molecule has 0 bridgehead atoms. The number of halogens is 1. The number of hydrogen-bond donors (Lipinski definition) is 2. The molecule has 2 fully saturated rings. The van der Waals surface area contributed by atoms with Crippen LogP contribution in [0.5, 0.6) is 0 Å². The van der Waals surface area contributed by atoms with Gasteiger partial charge in [-0.1, -0.05) is 64.5 Å². The quantitative estimate of drug-likeness (QED) is 0.452. The van der Waals surface area contributed by atoms with E-state index in [9.17, 15) is 19.5 Å². The molecule has 5 rings (SSSR count). The van der Waals surface area contributed by atoms with Crippen molar-refractivity contribution in [2.45, 2.75) is 25.3 Å². The van der Waals surface area contributed by atoms with Crippen molar-refractivity contribution < 1.29 is 19.5 Å². The van der Waals surface area contributed by atoms with Gasteiger partial charge in [0.25, 0.3) is 0 Å². The van der Waals surface area contributed by atoms with Crippen molar-refractivity contribution in [3.63, 3.8) is 0 Å². The summed E-state index contributed by atoms with van der Waals surface area (Å²) < 4.78 is 0.963. The topological polar surface area (TPSA) is 86.7 Å². The molecule has 3 aromatic carbocycles. The molecule has 1 heterocycles. The minimum atomic E-state index is -1.09. The third-order valence-electron chi connectivity index (χ3n) is 7.24. The molecule has 0 radical (unpaired) electrons. The maximum atomic E-state index is 13.0. The van der Waals surface area contributed by atoms with Gasteiger partial charge in [-0.15, -0.1) is 0 Å². The van der Waals surface area contributed by atoms with Gasteiger partial charge in [0.05, 0.1) is 6.54 Å². The second kappa shape index (κ2) is 8.87. The highest BCUT2D eigenvalue weighted by Crippen LogP contribution is 2.61. The fourth-order valence-corrected chi connectivity index (χ4v) is 5.66. The minimum absolute atomic E-state index is 0.146. The van der Waals surface area contributed by atoms with Crippen LogP contribution in [0.4, 0.5) is 4.79 Å². The van der Waals surface area contributed by atoms with Gasteiger partial charge in [0.15, 0.2) is 5.78 Å². The van der Waals surface area contributed by atoms with Crippen LogP contribution in [0.25, 0.3) is 10.8 Å². The van der Waals surface area contributed by atoms with Gasteiger partial charge in [0.2, 0.25) is 5.91 Å². The summed E-state index contributed by atoms with van der Waals surface area (Å²) in [4.78, 5) is 38.8. The van der Waals surface area contributed by atoms with E-state index in [4.69, 9.17) is 0 Å². The number of hydrogen-bond acceptors (Lipinski definition) is 3. The highest BCUT2D eigenvalue weighted by molar-refractivity contribution is 9.10. The zero-order valence-electron chi connectivity index (χ0n) is 18.5. The lowest BCUT2D eigenvalue weighted by Gasteiger charge is -2.20. The SMILES string of the molecule is O=C(CNC(=O)C1CC2(CC2Cc2ccccc2)CN1C(=O)O)c1ccc2cc(Br)ccc2c1. The van der Waals surface area contributed by atoms with Crippen LogP contribution in [0, 0.1) is 11.3 Å². The molecular formula is C27H25BrN2O4. The molecule has 3 unspecified atom stereocenters. The standard InChI is InChI=1S/C27H25BrN2O4/c28-22-9-8-18-11-20(7-6-19(18)12-22)24(31)15-29-25(32)23-14-27(16-30(23)26(33)34)13-21(27)10-17-4-2-1-3-5-17/h1-9,11-12,21,23H,10,13-16H2,(H,29,32)(H,33,34). The van der Waals surface area contributed by atoms with Gasteiger partial charge in [0.1, 0.15) is 6.04 Å². The number of nitrogens with one attached hydrogen (secondary N) is 1. The smallest absolute Gasteiger partial charge is 0.407 e. The van der Waals surface area contributed by atoms with Gasteiger partial charge < -0.3 is 10.4 Å². The van der Waals surface area contributed by atoms with E-state index in [2.05, 4.69) is 33.4 Å². The number of Topliss-reactive ketones (excluding diaryl/α,β-unsaturated/α-hetero) is 1. The Morgan fingerprint density at radius 1 is 1.00 bits per heavy atom. The number of carbonyl (C=O) groups excluding carboxylic acids is 2. The summed E-state index contributed by atoms with van der Waals surface area (Å²) in [7, 11) is 0. The fraction of sp³-hybridized carbons (Fsp3) is 0.296. The molecule has 2 N–H and O–H groups in total. The Kier molecular flexibility index (Phi) is 5.90. The molecule has 6 nitrogen and oxygen atoms in total. The van der Waals surface area contributed by atoms with Gasteiger partial charge in [-0.25, -0.2) is 4.79 Å². The number of rotatable bonds is 6. The minimum Gasteiger partial charge on any atom is -0.465 e. The molecule has 1 spiro atoms. The lowest BCUT2D eigenvalue weighted by atomic mass is 9.96. The fourth-order valence-electron chi connectivity index (χ4n) is 5.28.